The lowest BCUT2D eigenvalue weighted by Gasteiger charge is -2.17. The summed E-state index contributed by atoms with van der Waals surface area (Å²) >= 11 is 12.8. The Kier molecular flexibility index (Phi) is 6.92. The maximum atomic E-state index is 13.6. The average Bonchev–Trinajstić information content (AvgIpc) is 2.81. The van der Waals surface area contributed by atoms with Crippen LogP contribution in [0.15, 0.2) is 53.3 Å². The van der Waals surface area contributed by atoms with Crippen LogP contribution in [0.2, 0.25) is 10.0 Å². The average molecular weight is 500 g/mol. The quantitative estimate of drug-likeness (QED) is 0.410. The molecule has 0 radical (unpaired) electrons. The van der Waals surface area contributed by atoms with Crippen molar-refractivity contribution in [1.82, 2.24) is 19.6 Å². The molecular weight excluding hydrogens is 477 g/mol. The lowest BCUT2D eigenvalue weighted by molar-refractivity contribution is 0.0976. The molecule has 0 amide bonds. The minimum atomic E-state index is -0.462. The minimum Gasteiger partial charge on any atom is -0.497 e. The number of halogens is 2. The first kappa shape index (κ1) is 23.8. The van der Waals surface area contributed by atoms with E-state index in [0.29, 0.717) is 44.7 Å². The van der Waals surface area contributed by atoms with Crippen LogP contribution >= 0.6 is 23.2 Å². The first-order valence-electron chi connectivity index (χ1n) is 10.4. The number of fused-ring (bicyclic) bond motifs is 1. The molecule has 10 heteroatoms. The van der Waals surface area contributed by atoms with Crippen molar-refractivity contribution in [3.05, 3.63) is 68.9 Å². The number of rotatable bonds is 7. The van der Waals surface area contributed by atoms with E-state index in [2.05, 4.69) is 9.97 Å². The molecule has 0 aliphatic carbocycles. The van der Waals surface area contributed by atoms with Crippen molar-refractivity contribution in [2.75, 3.05) is 40.1 Å². The summed E-state index contributed by atoms with van der Waals surface area (Å²) in [5.41, 5.74) is 7.43. The van der Waals surface area contributed by atoms with E-state index in [0.717, 1.165) is 4.73 Å². The van der Waals surface area contributed by atoms with Gasteiger partial charge in [0.25, 0.3) is 5.56 Å². The van der Waals surface area contributed by atoms with Crippen molar-refractivity contribution in [3.8, 4) is 28.3 Å². The van der Waals surface area contributed by atoms with Crippen molar-refractivity contribution in [1.29, 1.82) is 0 Å². The second kappa shape index (κ2) is 9.89. The highest BCUT2D eigenvalue weighted by Gasteiger charge is 2.20. The van der Waals surface area contributed by atoms with Crippen LogP contribution in [-0.2, 0) is 0 Å². The minimum absolute atomic E-state index is 0.178. The van der Waals surface area contributed by atoms with Crippen molar-refractivity contribution in [2.45, 2.75) is 0 Å². The van der Waals surface area contributed by atoms with Gasteiger partial charge < -0.3 is 20.2 Å². The van der Waals surface area contributed by atoms with Gasteiger partial charge in [-0.25, -0.2) is 9.97 Å². The molecule has 2 heterocycles. The van der Waals surface area contributed by atoms with E-state index in [9.17, 15) is 4.79 Å². The molecule has 0 unspecified atom stereocenters. The third kappa shape index (κ3) is 4.65. The highest BCUT2D eigenvalue weighted by atomic mass is 35.5. The number of anilines is 1. The molecule has 0 saturated heterocycles. The Bertz CT molecular complexity index is 1400. The molecule has 4 rings (SSSR count). The van der Waals surface area contributed by atoms with Gasteiger partial charge in [0.2, 0.25) is 0 Å². The summed E-state index contributed by atoms with van der Waals surface area (Å²) in [5.74, 6) is 1.15. The molecule has 34 heavy (non-hydrogen) atoms. The summed E-state index contributed by atoms with van der Waals surface area (Å²) < 4.78 is 6.44. The first-order chi connectivity index (χ1) is 16.3. The number of likely N-dealkylation sites (N-methyl/N-ethyl adjacent to an activating group) is 1. The smallest absolute Gasteiger partial charge is 0.293 e. The third-order valence-corrected chi connectivity index (χ3v) is 5.80. The van der Waals surface area contributed by atoms with Crippen LogP contribution in [0.5, 0.6) is 5.75 Å². The van der Waals surface area contributed by atoms with E-state index in [1.54, 1.807) is 37.4 Å². The molecule has 0 aliphatic heterocycles. The van der Waals surface area contributed by atoms with Gasteiger partial charge in [0.1, 0.15) is 18.2 Å². The number of hydrogen-bond acceptors (Lipinski definition) is 7. The zero-order valence-corrected chi connectivity index (χ0v) is 20.4. The number of methoxy groups -OCH3 is 1. The van der Waals surface area contributed by atoms with Gasteiger partial charge in [-0.1, -0.05) is 41.4 Å². The van der Waals surface area contributed by atoms with E-state index < -0.39 is 5.56 Å². The van der Waals surface area contributed by atoms with Gasteiger partial charge in [-0.15, -0.1) is 4.73 Å². The molecule has 2 aromatic heterocycles. The zero-order chi connectivity index (χ0) is 24.4. The Morgan fingerprint density at radius 2 is 1.76 bits per heavy atom. The van der Waals surface area contributed by atoms with E-state index in [-0.39, 0.29) is 23.6 Å². The molecule has 0 saturated carbocycles. The molecule has 8 nitrogen and oxygen atoms in total. The Hall–Kier alpha value is -3.33. The Morgan fingerprint density at radius 3 is 2.44 bits per heavy atom. The first-order valence-corrected chi connectivity index (χ1v) is 11.2. The monoisotopic (exact) mass is 499 g/mol. The normalized spacial score (nSPS) is 11.2. The predicted octanol–water partition coefficient (Wildman–Crippen LogP) is 4.01. The van der Waals surface area contributed by atoms with Gasteiger partial charge in [0, 0.05) is 17.7 Å². The van der Waals surface area contributed by atoms with Gasteiger partial charge in [0.05, 0.1) is 28.1 Å². The van der Waals surface area contributed by atoms with Crippen LogP contribution in [0.25, 0.3) is 33.5 Å². The Labute approximate surface area is 206 Å². The van der Waals surface area contributed by atoms with Crippen molar-refractivity contribution < 1.29 is 9.57 Å². The number of nitrogens with two attached hydrogens (primary N) is 1. The van der Waals surface area contributed by atoms with Crippen LogP contribution in [-0.4, -0.2) is 54.0 Å². The summed E-state index contributed by atoms with van der Waals surface area (Å²) in [7, 11) is 5.39. The van der Waals surface area contributed by atoms with Gasteiger partial charge in [-0.2, -0.15) is 0 Å². The van der Waals surface area contributed by atoms with Gasteiger partial charge in [-0.05, 0) is 44.4 Å². The largest absolute Gasteiger partial charge is 0.497 e. The fraction of sp³-hybridized carbons (Fsp3) is 0.208. The van der Waals surface area contributed by atoms with Crippen LogP contribution < -0.4 is 20.9 Å². The van der Waals surface area contributed by atoms with Gasteiger partial charge >= 0.3 is 0 Å². The predicted molar refractivity (Wildman–Crippen MR) is 136 cm³/mol. The van der Waals surface area contributed by atoms with E-state index in [1.165, 1.54) is 0 Å². The Morgan fingerprint density at radius 1 is 1.06 bits per heavy atom. The number of nitrogen functional groups attached to an aromatic ring is 1. The summed E-state index contributed by atoms with van der Waals surface area (Å²) in [5, 5.41) is 1.09. The highest BCUT2D eigenvalue weighted by Crippen LogP contribution is 2.35. The van der Waals surface area contributed by atoms with Crippen molar-refractivity contribution >= 4 is 40.1 Å². The number of pyridine rings is 1. The fourth-order valence-electron chi connectivity index (χ4n) is 3.44. The number of benzene rings is 2. The SMILES string of the molecule is COc1cccc(-c2nc(N)c3cc(-c4c(Cl)cccc4Cl)c(=O)n(OCCN(C)C)c3n2)c1. The number of ether oxygens (including phenoxy) is 1. The molecule has 0 spiro atoms. The van der Waals surface area contributed by atoms with Gasteiger partial charge in [0.15, 0.2) is 11.5 Å². The summed E-state index contributed by atoms with van der Waals surface area (Å²) in [6.45, 7) is 0.814. The molecular formula is C24H23Cl2N5O3. The molecule has 2 N–H and O–H groups in total. The Balaban J connectivity index is 1.98. The van der Waals surface area contributed by atoms with E-state index in [4.69, 9.17) is 38.5 Å². The number of nitrogens with zero attached hydrogens (tertiary/aromatic N) is 4. The highest BCUT2D eigenvalue weighted by molar-refractivity contribution is 6.39. The maximum Gasteiger partial charge on any atom is 0.293 e. The van der Waals surface area contributed by atoms with Crippen LogP contribution in [0.4, 0.5) is 5.82 Å². The molecule has 0 atom stereocenters. The van der Waals surface area contributed by atoms with Gasteiger partial charge in [-0.3, -0.25) is 4.79 Å². The molecule has 4 aromatic rings. The second-order valence-electron chi connectivity index (χ2n) is 7.79. The van der Waals surface area contributed by atoms with E-state index in [1.807, 2.05) is 37.2 Å². The lowest BCUT2D eigenvalue weighted by atomic mass is 10.1. The van der Waals surface area contributed by atoms with Crippen LogP contribution in [0, 0.1) is 0 Å². The molecule has 0 aliphatic rings. The molecule has 0 bridgehead atoms. The maximum absolute atomic E-state index is 13.6. The zero-order valence-electron chi connectivity index (χ0n) is 18.9. The van der Waals surface area contributed by atoms with E-state index >= 15 is 0 Å². The summed E-state index contributed by atoms with van der Waals surface area (Å²) in [6, 6.07) is 13.9. The van der Waals surface area contributed by atoms with Crippen LogP contribution in [0.3, 0.4) is 0 Å². The second-order valence-corrected chi connectivity index (χ2v) is 8.61. The summed E-state index contributed by atoms with van der Waals surface area (Å²) in [6.07, 6.45) is 0. The van der Waals surface area contributed by atoms with Crippen LogP contribution in [0.1, 0.15) is 0 Å². The lowest BCUT2D eigenvalue weighted by Crippen LogP contribution is -2.33. The molecule has 2 aromatic carbocycles. The molecule has 0 fully saturated rings. The van der Waals surface area contributed by atoms with Crippen molar-refractivity contribution in [2.24, 2.45) is 0 Å². The topological polar surface area (TPSA) is 95.5 Å². The summed E-state index contributed by atoms with van der Waals surface area (Å²) in [4.78, 5) is 30.5. The standard InChI is InChI=1S/C24H23Cl2N5O3/c1-30(2)10-11-34-31-23-17(13-16(24(31)32)20-18(25)8-5-9-19(20)26)21(27)28-22(29-23)14-6-4-7-15(12-14)33-3/h4-9,12-13H,10-11H2,1-3H3,(H2,27,28,29). The molecule has 176 valence electrons. The number of aromatic nitrogens is 3. The number of hydrogen-bond donors (Lipinski definition) is 1. The van der Waals surface area contributed by atoms with Crippen molar-refractivity contribution in [3.63, 3.8) is 0 Å². The third-order valence-electron chi connectivity index (χ3n) is 5.17. The fourth-order valence-corrected chi connectivity index (χ4v) is 4.04.